The van der Waals surface area contributed by atoms with Gasteiger partial charge in [0.1, 0.15) is 0 Å². The van der Waals surface area contributed by atoms with Crippen LogP contribution in [0.3, 0.4) is 0 Å². The Hall–Kier alpha value is -2.15. The van der Waals surface area contributed by atoms with Crippen LogP contribution in [0.2, 0.25) is 5.02 Å². The second kappa shape index (κ2) is 8.29. The van der Waals surface area contributed by atoms with E-state index in [1.165, 1.54) is 25.2 Å². The third-order valence-corrected chi connectivity index (χ3v) is 4.85. The minimum Gasteiger partial charge on any atom is -0.493 e. The van der Waals surface area contributed by atoms with Crippen LogP contribution in [0.5, 0.6) is 5.75 Å². The van der Waals surface area contributed by atoms with E-state index >= 15 is 0 Å². The Morgan fingerprint density at radius 3 is 2.48 bits per heavy atom. The summed E-state index contributed by atoms with van der Waals surface area (Å²) >= 11 is 6.21. The number of rotatable bonds is 5. The number of carbonyl (C=O) groups excluding carboxylic acids is 1. The predicted molar refractivity (Wildman–Crippen MR) is 94.8 cm³/mol. The molecule has 1 aliphatic rings. The largest absolute Gasteiger partial charge is 0.493 e. The number of carbonyl (C=O) groups is 2. The standard InChI is InChI=1S/C17H23ClN2O5/c1-10(11-4-6-20(7-5-11)17(22)23)19-14-9-12(16(21)25-3)8-13(18)15(14)24-2/h8-11,19H,4-7H2,1-3H3,(H,22,23)/t10-/m0/s1. The number of halogens is 1. The molecule has 25 heavy (non-hydrogen) atoms. The molecule has 0 aromatic heterocycles. The normalized spacial score (nSPS) is 16.2. The van der Waals surface area contributed by atoms with Crippen molar-refractivity contribution in [1.82, 2.24) is 4.90 Å². The number of piperidine rings is 1. The molecule has 1 heterocycles. The second-order valence-corrected chi connectivity index (χ2v) is 6.48. The maximum atomic E-state index is 11.8. The second-order valence-electron chi connectivity index (χ2n) is 6.07. The summed E-state index contributed by atoms with van der Waals surface area (Å²) < 4.78 is 10.1. The summed E-state index contributed by atoms with van der Waals surface area (Å²) in [6.07, 6.45) is 0.665. The topological polar surface area (TPSA) is 88.1 Å². The maximum Gasteiger partial charge on any atom is 0.407 e. The molecule has 0 aliphatic carbocycles. The van der Waals surface area contributed by atoms with E-state index in [4.69, 9.17) is 26.2 Å². The SMILES string of the molecule is COC(=O)c1cc(Cl)c(OC)c(N[C@@H](C)C2CCN(C(=O)O)CC2)c1. The first-order valence-electron chi connectivity index (χ1n) is 8.07. The highest BCUT2D eigenvalue weighted by molar-refractivity contribution is 6.33. The predicted octanol–water partition coefficient (Wildman–Crippen LogP) is 3.33. The van der Waals surface area contributed by atoms with Crippen molar-refractivity contribution in [3.8, 4) is 5.75 Å². The number of esters is 1. The van der Waals surface area contributed by atoms with Gasteiger partial charge in [0.2, 0.25) is 0 Å². The molecule has 1 fully saturated rings. The van der Waals surface area contributed by atoms with Crippen LogP contribution in [-0.2, 0) is 4.74 Å². The number of anilines is 1. The van der Waals surface area contributed by atoms with Crippen LogP contribution in [0.25, 0.3) is 0 Å². The van der Waals surface area contributed by atoms with Crippen molar-refractivity contribution in [2.24, 2.45) is 5.92 Å². The van der Waals surface area contributed by atoms with E-state index < -0.39 is 12.1 Å². The molecule has 2 N–H and O–H groups in total. The van der Waals surface area contributed by atoms with Gasteiger partial charge < -0.3 is 24.8 Å². The highest BCUT2D eigenvalue weighted by Gasteiger charge is 2.27. The van der Waals surface area contributed by atoms with Gasteiger partial charge in [-0.1, -0.05) is 11.6 Å². The van der Waals surface area contributed by atoms with E-state index in [-0.39, 0.29) is 6.04 Å². The first-order chi connectivity index (χ1) is 11.9. The third-order valence-electron chi connectivity index (χ3n) is 4.57. The number of nitrogens with zero attached hydrogens (tertiary/aromatic N) is 1. The molecule has 1 aromatic rings. The lowest BCUT2D eigenvalue weighted by atomic mass is 9.90. The minimum atomic E-state index is -0.877. The molecule has 0 radical (unpaired) electrons. The summed E-state index contributed by atoms with van der Waals surface area (Å²) in [5, 5.41) is 12.7. The molecule has 8 heteroatoms. The van der Waals surface area contributed by atoms with Crippen LogP contribution >= 0.6 is 11.6 Å². The fourth-order valence-electron chi connectivity index (χ4n) is 3.10. The van der Waals surface area contributed by atoms with Crippen LogP contribution in [0.15, 0.2) is 12.1 Å². The van der Waals surface area contributed by atoms with E-state index in [2.05, 4.69) is 5.32 Å². The molecular formula is C17H23ClN2O5. The number of ether oxygens (including phenoxy) is 2. The van der Waals surface area contributed by atoms with Gasteiger partial charge in [0.15, 0.2) is 5.75 Å². The van der Waals surface area contributed by atoms with Crippen LogP contribution in [0, 0.1) is 5.92 Å². The molecule has 7 nitrogen and oxygen atoms in total. The van der Waals surface area contributed by atoms with Crippen LogP contribution < -0.4 is 10.1 Å². The summed E-state index contributed by atoms with van der Waals surface area (Å²) in [5.41, 5.74) is 0.951. The fourth-order valence-corrected chi connectivity index (χ4v) is 3.39. The average molecular weight is 371 g/mol. The number of carboxylic acid groups (broad SMARTS) is 1. The molecule has 1 amide bonds. The highest BCUT2D eigenvalue weighted by atomic mass is 35.5. The Kier molecular flexibility index (Phi) is 6.36. The molecule has 0 bridgehead atoms. The molecule has 1 aliphatic heterocycles. The molecule has 0 unspecified atom stereocenters. The lowest BCUT2D eigenvalue weighted by Crippen LogP contribution is -2.41. The van der Waals surface area contributed by atoms with E-state index in [0.29, 0.717) is 41.0 Å². The zero-order valence-electron chi connectivity index (χ0n) is 14.5. The molecule has 1 saturated heterocycles. The van der Waals surface area contributed by atoms with E-state index in [1.807, 2.05) is 6.92 Å². The van der Waals surface area contributed by atoms with Crippen molar-refractivity contribution in [2.75, 3.05) is 32.6 Å². The zero-order valence-corrected chi connectivity index (χ0v) is 15.3. The molecule has 0 saturated carbocycles. The molecule has 1 atom stereocenters. The monoisotopic (exact) mass is 370 g/mol. The van der Waals surface area contributed by atoms with Crippen LogP contribution in [0.4, 0.5) is 10.5 Å². The number of benzene rings is 1. The van der Waals surface area contributed by atoms with Gasteiger partial charge in [-0.3, -0.25) is 0 Å². The van der Waals surface area contributed by atoms with Gasteiger partial charge in [0.05, 0.1) is 30.5 Å². The first-order valence-corrected chi connectivity index (χ1v) is 8.45. The smallest absolute Gasteiger partial charge is 0.407 e. The Morgan fingerprint density at radius 2 is 1.96 bits per heavy atom. The summed E-state index contributed by atoms with van der Waals surface area (Å²) in [6, 6.07) is 3.22. The Balaban J connectivity index is 2.14. The summed E-state index contributed by atoms with van der Waals surface area (Å²) in [6.45, 7) is 3.07. The van der Waals surface area contributed by atoms with Gasteiger partial charge in [-0.25, -0.2) is 9.59 Å². The van der Waals surface area contributed by atoms with Crippen molar-refractivity contribution < 1.29 is 24.2 Å². The molecule has 138 valence electrons. The summed E-state index contributed by atoms with van der Waals surface area (Å²) in [5.74, 6) is 0.292. The van der Waals surface area contributed by atoms with E-state index in [1.54, 1.807) is 6.07 Å². The average Bonchev–Trinajstić information content (AvgIpc) is 2.60. The van der Waals surface area contributed by atoms with Crippen molar-refractivity contribution >= 4 is 29.4 Å². The zero-order chi connectivity index (χ0) is 18.6. The number of amides is 1. The Labute approximate surface area is 151 Å². The molecule has 0 spiro atoms. The fraction of sp³-hybridized carbons (Fsp3) is 0.529. The van der Waals surface area contributed by atoms with Gasteiger partial charge in [-0.15, -0.1) is 0 Å². The number of likely N-dealkylation sites (tertiary alicyclic amines) is 1. The lowest BCUT2D eigenvalue weighted by Gasteiger charge is -2.34. The third kappa shape index (κ3) is 4.48. The van der Waals surface area contributed by atoms with Crippen molar-refractivity contribution in [2.45, 2.75) is 25.8 Å². The van der Waals surface area contributed by atoms with Gasteiger partial charge in [-0.2, -0.15) is 0 Å². The minimum absolute atomic E-state index is 0.0637. The Bertz CT molecular complexity index is 644. The van der Waals surface area contributed by atoms with Gasteiger partial charge >= 0.3 is 12.1 Å². The lowest BCUT2D eigenvalue weighted by molar-refractivity contribution is 0.0600. The number of nitrogens with one attached hydrogen (secondary N) is 1. The highest BCUT2D eigenvalue weighted by Crippen LogP contribution is 2.36. The molecule has 1 aromatic carbocycles. The quantitative estimate of drug-likeness (QED) is 0.773. The Morgan fingerprint density at radius 1 is 1.32 bits per heavy atom. The van der Waals surface area contributed by atoms with Crippen molar-refractivity contribution in [1.29, 1.82) is 0 Å². The molecular weight excluding hydrogens is 348 g/mol. The maximum absolute atomic E-state index is 11.8. The van der Waals surface area contributed by atoms with Crippen molar-refractivity contribution in [3.05, 3.63) is 22.7 Å². The summed E-state index contributed by atoms with van der Waals surface area (Å²) in [7, 11) is 2.83. The van der Waals surface area contributed by atoms with E-state index in [9.17, 15) is 9.59 Å². The van der Waals surface area contributed by atoms with E-state index in [0.717, 1.165) is 12.8 Å². The van der Waals surface area contributed by atoms with Gasteiger partial charge in [0.25, 0.3) is 0 Å². The first kappa shape index (κ1) is 19.2. The van der Waals surface area contributed by atoms with Gasteiger partial charge in [-0.05, 0) is 37.8 Å². The van der Waals surface area contributed by atoms with Crippen LogP contribution in [0.1, 0.15) is 30.1 Å². The van der Waals surface area contributed by atoms with Gasteiger partial charge in [0, 0.05) is 19.1 Å². The van der Waals surface area contributed by atoms with Crippen molar-refractivity contribution in [3.63, 3.8) is 0 Å². The molecule has 2 rings (SSSR count). The number of methoxy groups -OCH3 is 2. The van der Waals surface area contributed by atoms with Crippen LogP contribution in [-0.4, -0.2) is 55.4 Å². The number of hydrogen-bond acceptors (Lipinski definition) is 5. The summed E-state index contributed by atoms with van der Waals surface area (Å²) in [4.78, 5) is 24.2. The number of hydrogen-bond donors (Lipinski definition) is 2.